The Kier molecular flexibility index (Phi) is 2.93. The summed E-state index contributed by atoms with van der Waals surface area (Å²) in [6.45, 7) is 0. The van der Waals surface area contributed by atoms with Crippen LogP contribution < -0.4 is 0 Å². The molecule has 1 rings (SSSR count). The Bertz CT molecular complexity index is 392. The van der Waals surface area contributed by atoms with Gasteiger partial charge in [-0.15, -0.1) is 0 Å². The van der Waals surface area contributed by atoms with Crippen LogP contribution in [0.2, 0.25) is 0 Å². The van der Waals surface area contributed by atoms with Crippen LogP contribution in [-0.4, -0.2) is 22.1 Å². The molecule has 0 atom stereocenters. The Labute approximate surface area is 83.2 Å². The van der Waals surface area contributed by atoms with E-state index in [1.807, 2.05) is 0 Å². The van der Waals surface area contributed by atoms with E-state index in [1.54, 1.807) is 0 Å². The van der Waals surface area contributed by atoms with Crippen molar-refractivity contribution in [3.63, 3.8) is 0 Å². The molecule has 0 N–H and O–H groups in total. The Morgan fingerprint density at radius 2 is 1.75 bits per heavy atom. The fourth-order valence-corrected chi connectivity index (χ4v) is 0.679. The molecule has 90 valence electrons. The van der Waals surface area contributed by atoms with E-state index in [4.69, 9.17) is 0 Å². The van der Waals surface area contributed by atoms with Gasteiger partial charge in [-0.2, -0.15) is 31.3 Å². The van der Waals surface area contributed by atoms with E-state index in [-0.39, 0.29) is 0 Å². The minimum Gasteiger partial charge on any atom is -0.339 e. The summed E-state index contributed by atoms with van der Waals surface area (Å²) < 4.78 is 74.6. The second-order valence-corrected chi connectivity index (χ2v) is 2.61. The van der Waals surface area contributed by atoms with Gasteiger partial charge in [0.05, 0.1) is 6.42 Å². The number of hydrogen-bond acceptors (Lipinski definition) is 4. The zero-order valence-corrected chi connectivity index (χ0v) is 7.19. The van der Waals surface area contributed by atoms with Crippen LogP contribution in [-0.2, 0) is 17.4 Å². The first kappa shape index (κ1) is 12.5. The second-order valence-electron chi connectivity index (χ2n) is 2.61. The molecule has 4 nitrogen and oxygen atoms in total. The van der Waals surface area contributed by atoms with E-state index in [9.17, 15) is 31.1 Å². The van der Waals surface area contributed by atoms with Gasteiger partial charge < -0.3 is 4.52 Å². The molecule has 1 heterocycles. The van der Waals surface area contributed by atoms with Crippen molar-refractivity contribution >= 4 is 5.78 Å². The summed E-state index contributed by atoms with van der Waals surface area (Å²) >= 11 is 0. The maximum absolute atomic E-state index is 11.9. The van der Waals surface area contributed by atoms with Crippen LogP contribution in [0.4, 0.5) is 26.3 Å². The lowest BCUT2D eigenvalue weighted by molar-refractivity contribution is -0.170. The van der Waals surface area contributed by atoms with Gasteiger partial charge >= 0.3 is 12.4 Å². The zero-order valence-electron chi connectivity index (χ0n) is 7.19. The number of alkyl halides is 6. The Hall–Kier alpha value is -1.61. The molecule has 0 aliphatic rings. The van der Waals surface area contributed by atoms with Crippen molar-refractivity contribution in [1.82, 2.24) is 10.1 Å². The van der Waals surface area contributed by atoms with Crippen LogP contribution in [0.3, 0.4) is 0 Å². The number of carbonyl (C=O) groups is 1. The molecule has 0 aliphatic carbocycles. The normalized spacial score (nSPS) is 12.9. The second kappa shape index (κ2) is 3.76. The molecular formula is C6H2F6N2O2. The largest absolute Gasteiger partial charge is 0.455 e. The SMILES string of the molecule is O=C(Cc1nc(C(F)(F)F)no1)C(F)(F)F. The smallest absolute Gasteiger partial charge is 0.339 e. The van der Waals surface area contributed by atoms with E-state index in [1.165, 1.54) is 0 Å². The molecule has 1 aromatic rings. The van der Waals surface area contributed by atoms with Gasteiger partial charge in [0.15, 0.2) is 0 Å². The summed E-state index contributed by atoms with van der Waals surface area (Å²) in [5.74, 6) is -5.02. The number of ketones is 1. The first-order valence-electron chi connectivity index (χ1n) is 3.60. The molecule has 0 fully saturated rings. The first-order valence-corrected chi connectivity index (χ1v) is 3.60. The van der Waals surface area contributed by atoms with Crippen LogP contribution in [0.1, 0.15) is 11.7 Å². The summed E-state index contributed by atoms with van der Waals surface area (Å²) in [6.07, 6.45) is -11.5. The topological polar surface area (TPSA) is 56.0 Å². The van der Waals surface area contributed by atoms with Crippen molar-refractivity contribution in [1.29, 1.82) is 0 Å². The first-order chi connectivity index (χ1) is 7.10. The van der Waals surface area contributed by atoms with E-state index in [0.29, 0.717) is 0 Å². The number of hydrogen-bond donors (Lipinski definition) is 0. The number of halogens is 6. The number of rotatable bonds is 2. The summed E-state index contributed by atoms with van der Waals surface area (Å²) in [6, 6.07) is 0. The van der Waals surface area contributed by atoms with Crippen LogP contribution >= 0.6 is 0 Å². The van der Waals surface area contributed by atoms with Crippen molar-refractivity contribution < 1.29 is 35.7 Å². The summed E-state index contributed by atoms with van der Waals surface area (Å²) in [5, 5.41) is 2.39. The predicted octanol–water partition coefficient (Wildman–Crippen LogP) is 1.76. The predicted molar refractivity (Wildman–Crippen MR) is 34.1 cm³/mol. The number of aromatic nitrogens is 2. The molecule has 0 spiro atoms. The maximum atomic E-state index is 11.9. The van der Waals surface area contributed by atoms with Gasteiger partial charge in [0.25, 0.3) is 5.82 Å². The quantitative estimate of drug-likeness (QED) is 0.748. The van der Waals surface area contributed by atoms with Gasteiger partial charge in [-0.3, -0.25) is 4.79 Å². The third kappa shape index (κ3) is 2.94. The van der Waals surface area contributed by atoms with Gasteiger partial charge in [-0.1, -0.05) is 5.16 Å². The molecule has 0 saturated heterocycles. The van der Waals surface area contributed by atoms with Gasteiger partial charge in [-0.25, -0.2) is 0 Å². The lowest BCUT2D eigenvalue weighted by atomic mass is 10.3. The van der Waals surface area contributed by atoms with Crippen molar-refractivity contribution in [2.75, 3.05) is 0 Å². The highest BCUT2D eigenvalue weighted by Crippen LogP contribution is 2.26. The third-order valence-electron chi connectivity index (χ3n) is 1.35. The summed E-state index contributed by atoms with van der Waals surface area (Å²) in [5.41, 5.74) is 0. The monoisotopic (exact) mass is 248 g/mol. The maximum Gasteiger partial charge on any atom is 0.455 e. The molecule has 0 aromatic carbocycles. The fraction of sp³-hybridized carbons (Fsp3) is 0.500. The molecule has 0 amide bonds. The lowest BCUT2D eigenvalue weighted by Crippen LogP contribution is -2.24. The number of carbonyl (C=O) groups excluding carboxylic acids is 1. The molecular weight excluding hydrogens is 246 g/mol. The van der Waals surface area contributed by atoms with Crippen molar-refractivity contribution in [2.24, 2.45) is 0 Å². The van der Waals surface area contributed by atoms with Crippen molar-refractivity contribution in [3.8, 4) is 0 Å². The minimum absolute atomic E-state index is 1.03. The molecule has 1 aromatic heterocycles. The van der Waals surface area contributed by atoms with Crippen LogP contribution in [0.25, 0.3) is 0 Å². The highest BCUT2D eigenvalue weighted by molar-refractivity contribution is 5.85. The van der Waals surface area contributed by atoms with E-state index in [0.717, 1.165) is 0 Å². The molecule has 16 heavy (non-hydrogen) atoms. The average Bonchev–Trinajstić information content (AvgIpc) is 2.49. The molecule has 0 saturated carbocycles. The number of nitrogens with zero attached hydrogens (tertiary/aromatic N) is 2. The third-order valence-corrected chi connectivity index (χ3v) is 1.35. The molecule has 10 heteroatoms. The van der Waals surface area contributed by atoms with E-state index >= 15 is 0 Å². The van der Waals surface area contributed by atoms with Gasteiger partial charge in [-0.05, 0) is 0 Å². The summed E-state index contributed by atoms with van der Waals surface area (Å²) in [4.78, 5) is 13.0. The van der Waals surface area contributed by atoms with Crippen LogP contribution in [0.15, 0.2) is 4.52 Å². The lowest BCUT2D eigenvalue weighted by Gasteiger charge is -2.01. The van der Waals surface area contributed by atoms with Crippen LogP contribution in [0.5, 0.6) is 0 Å². The van der Waals surface area contributed by atoms with Crippen molar-refractivity contribution in [2.45, 2.75) is 18.8 Å². The van der Waals surface area contributed by atoms with Gasteiger partial charge in [0, 0.05) is 0 Å². The summed E-state index contributed by atoms with van der Waals surface area (Å²) in [7, 11) is 0. The number of Topliss-reactive ketones (excluding diaryl/α,β-unsaturated/α-hetero) is 1. The van der Waals surface area contributed by atoms with Crippen molar-refractivity contribution in [3.05, 3.63) is 11.7 Å². The standard InChI is InChI=1S/C6H2F6N2O2/c7-5(8,9)2(15)1-3-13-4(14-16-3)6(10,11)12/h1H2. The Morgan fingerprint density at radius 1 is 1.19 bits per heavy atom. The van der Waals surface area contributed by atoms with Gasteiger partial charge in [0.1, 0.15) is 0 Å². The molecule has 0 radical (unpaired) electrons. The average molecular weight is 248 g/mol. The molecule has 0 aliphatic heterocycles. The van der Waals surface area contributed by atoms with Crippen LogP contribution in [0, 0.1) is 0 Å². The van der Waals surface area contributed by atoms with Gasteiger partial charge in [0.2, 0.25) is 11.7 Å². The van der Waals surface area contributed by atoms with E-state index < -0.39 is 36.3 Å². The highest BCUT2D eigenvalue weighted by atomic mass is 19.4. The molecule has 0 bridgehead atoms. The van der Waals surface area contributed by atoms with E-state index in [2.05, 4.69) is 14.7 Å². The minimum atomic E-state index is -5.15. The zero-order chi connectivity index (χ0) is 12.6. The molecule has 0 unspecified atom stereocenters. The fourth-order valence-electron chi connectivity index (χ4n) is 0.679. The highest BCUT2D eigenvalue weighted by Gasteiger charge is 2.41. The Morgan fingerprint density at radius 3 is 2.12 bits per heavy atom. The Balaban J connectivity index is 2.78.